The molecule has 0 bridgehead atoms. The molecule has 0 saturated carbocycles. The second-order valence-corrected chi connectivity index (χ2v) is 5.26. The smallest absolute Gasteiger partial charge is 0.142 e. The maximum atomic E-state index is 11.9. The normalized spacial score (nSPS) is 20.0. The minimum absolute atomic E-state index is 0.0553. The second kappa shape index (κ2) is 5.30. The number of Topliss-reactive ketones (excluding diaryl/α,β-unsaturated/α-hetero) is 1. The molecule has 1 aliphatic rings. The van der Waals surface area contributed by atoms with Crippen molar-refractivity contribution in [2.75, 3.05) is 13.2 Å². The molecule has 0 amide bonds. The summed E-state index contributed by atoms with van der Waals surface area (Å²) in [6.45, 7) is 1.26. The highest BCUT2D eigenvalue weighted by molar-refractivity contribution is 9.10. The summed E-state index contributed by atoms with van der Waals surface area (Å²) in [5.41, 5.74) is 0.891. The van der Waals surface area contributed by atoms with Gasteiger partial charge in [0.15, 0.2) is 0 Å². The van der Waals surface area contributed by atoms with Crippen LogP contribution < -0.4 is 0 Å². The highest BCUT2D eigenvalue weighted by Gasteiger charge is 2.23. The summed E-state index contributed by atoms with van der Waals surface area (Å²) in [4.78, 5) is 11.9. The summed E-state index contributed by atoms with van der Waals surface area (Å²) in [5.74, 6) is 0.279. The van der Waals surface area contributed by atoms with E-state index in [0.717, 1.165) is 16.5 Å². The van der Waals surface area contributed by atoms with E-state index in [-0.39, 0.29) is 11.7 Å². The molecule has 4 heteroatoms. The predicted octanol–water partition coefficient (Wildman–Crippen LogP) is 3.25. The molecule has 2 rings (SSSR count). The third-order valence-corrected chi connectivity index (χ3v) is 3.61. The van der Waals surface area contributed by atoms with Crippen LogP contribution in [0.25, 0.3) is 0 Å². The van der Waals surface area contributed by atoms with Gasteiger partial charge in [-0.3, -0.25) is 4.79 Å². The molecule has 1 aliphatic heterocycles. The van der Waals surface area contributed by atoms with Crippen LogP contribution in [-0.2, 0) is 16.0 Å². The largest absolute Gasteiger partial charge is 0.381 e. The Morgan fingerprint density at radius 2 is 2.38 bits per heavy atom. The zero-order chi connectivity index (χ0) is 11.5. The van der Waals surface area contributed by atoms with E-state index in [1.54, 1.807) is 0 Å². The summed E-state index contributed by atoms with van der Waals surface area (Å²) in [7, 11) is 0. The van der Waals surface area contributed by atoms with Gasteiger partial charge in [0.2, 0.25) is 0 Å². The first kappa shape index (κ1) is 12.1. The number of rotatable bonds is 3. The van der Waals surface area contributed by atoms with Gasteiger partial charge in [-0.05, 0) is 24.1 Å². The maximum absolute atomic E-state index is 11.9. The summed E-state index contributed by atoms with van der Waals surface area (Å²) in [6.07, 6.45) is 1.24. The topological polar surface area (TPSA) is 26.3 Å². The molecule has 0 spiro atoms. The van der Waals surface area contributed by atoms with Gasteiger partial charge in [-0.15, -0.1) is 0 Å². The average molecular weight is 304 g/mol. The molecule has 1 unspecified atom stereocenters. The first-order chi connectivity index (χ1) is 7.66. The molecule has 0 N–H and O–H groups in total. The Hall–Kier alpha value is -0.380. The van der Waals surface area contributed by atoms with E-state index < -0.39 is 0 Å². The van der Waals surface area contributed by atoms with Crippen LogP contribution in [0.5, 0.6) is 0 Å². The predicted molar refractivity (Wildman–Crippen MR) is 66.8 cm³/mol. The van der Waals surface area contributed by atoms with Crippen LogP contribution in [0.4, 0.5) is 0 Å². The van der Waals surface area contributed by atoms with Crippen molar-refractivity contribution in [3.63, 3.8) is 0 Å². The summed E-state index contributed by atoms with van der Waals surface area (Å²) in [6, 6.07) is 5.61. The van der Waals surface area contributed by atoms with E-state index in [1.807, 2.05) is 18.2 Å². The van der Waals surface area contributed by atoms with Gasteiger partial charge in [0.1, 0.15) is 5.78 Å². The molecule has 1 fully saturated rings. The molecule has 1 heterocycles. The highest BCUT2D eigenvalue weighted by Crippen LogP contribution is 2.24. The number of benzene rings is 1. The monoisotopic (exact) mass is 302 g/mol. The third-order valence-electron chi connectivity index (χ3n) is 2.76. The van der Waals surface area contributed by atoms with Gasteiger partial charge in [-0.1, -0.05) is 33.6 Å². The zero-order valence-corrected chi connectivity index (χ0v) is 11.1. The minimum Gasteiger partial charge on any atom is -0.381 e. The van der Waals surface area contributed by atoms with Crippen LogP contribution in [0.2, 0.25) is 5.02 Å². The Balaban J connectivity index is 2.05. The lowest BCUT2D eigenvalue weighted by Crippen LogP contribution is -2.16. The summed E-state index contributed by atoms with van der Waals surface area (Å²) >= 11 is 9.41. The number of hydrogen-bond donors (Lipinski definition) is 0. The van der Waals surface area contributed by atoms with Crippen molar-refractivity contribution in [2.24, 2.45) is 5.92 Å². The number of halogens is 2. The first-order valence-electron chi connectivity index (χ1n) is 5.21. The fourth-order valence-electron chi connectivity index (χ4n) is 1.79. The number of hydrogen-bond acceptors (Lipinski definition) is 2. The molecule has 0 aromatic heterocycles. The van der Waals surface area contributed by atoms with E-state index in [4.69, 9.17) is 16.3 Å². The Labute approximate surface area is 108 Å². The second-order valence-electron chi connectivity index (χ2n) is 3.94. The lowest BCUT2D eigenvalue weighted by molar-refractivity contribution is -0.122. The van der Waals surface area contributed by atoms with Gasteiger partial charge in [-0.2, -0.15) is 0 Å². The van der Waals surface area contributed by atoms with E-state index in [1.165, 1.54) is 0 Å². The highest BCUT2D eigenvalue weighted by atomic mass is 79.9. The van der Waals surface area contributed by atoms with Gasteiger partial charge in [-0.25, -0.2) is 0 Å². The van der Waals surface area contributed by atoms with Crippen LogP contribution in [0.15, 0.2) is 22.7 Å². The van der Waals surface area contributed by atoms with Crippen molar-refractivity contribution in [1.82, 2.24) is 0 Å². The molecule has 1 saturated heterocycles. The molecule has 0 radical (unpaired) electrons. The van der Waals surface area contributed by atoms with Gasteiger partial charge < -0.3 is 4.74 Å². The number of ether oxygens (including phenoxy) is 1. The quantitative estimate of drug-likeness (QED) is 0.857. The number of carbonyl (C=O) groups excluding carboxylic acids is 1. The minimum atomic E-state index is 0.0553. The molecule has 0 aliphatic carbocycles. The fraction of sp³-hybridized carbons (Fsp3) is 0.417. The van der Waals surface area contributed by atoms with Crippen LogP contribution in [0, 0.1) is 5.92 Å². The molecular formula is C12H12BrClO2. The van der Waals surface area contributed by atoms with Crippen LogP contribution in [0.3, 0.4) is 0 Å². The van der Waals surface area contributed by atoms with Crippen molar-refractivity contribution in [3.8, 4) is 0 Å². The summed E-state index contributed by atoms with van der Waals surface area (Å²) < 4.78 is 6.13. The van der Waals surface area contributed by atoms with Crippen molar-refractivity contribution in [3.05, 3.63) is 33.3 Å². The Morgan fingerprint density at radius 1 is 1.56 bits per heavy atom. The molecule has 1 aromatic rings. The number of carbonyl (C=O) groups is 1. The van der Waals surface area contributed by atoms with Crippen LogP contribution in [-0.4, -0.2) is 19.0 Å². The van der Waals surface area contributed by atoms with Gasteiger partial charge >= 0.3 is 0 Å². The van der Waals surface area contributed by atoms with Gasteiger partial charge in [0, 0.05) is 28.4 Å². The molecule has 86 valence electrons. The lowest BCUT2D eigenvalue weighted by Gasteiger charge is -2.08. The average Bonchev–Trinajstić information content (AvgIpc) is 2.75. The molecular weight excluding hydrogens is 291 g/mol. The van der Waals surface area contributed by atoms with E-state index in [2.05, 4.69) is 15.9 Å². The third kappa shape index (κ3) is 2.84. The van der Waals surface area contributed by atoms with Crippen molar-refractivity contribution in [1.29, 1.82) is 0 Å². The van der Waals surface area contributed by atoms with Crippen molar-refractivity contribution in [2.45, 2.75) is 12.8 Å². The maximum Gasteiger partial charge on any atom is 0.142 e. The van der Waals surface area contributed by atoms with Gasteiger partial charge in [0.25, 0.3) is 0 Å². The Morgan fingerprint density at radius 3 is 3.00 bits per heavy atom. The SMILES string of the molecule is O=C(Cc1ccc(Br)cc1Cl)C1CCOC1. The Bertz CT molecular complexity index is 400. The fourth-order valence-corrected chi connectivity index (χ4v) is 2.53. The van der Waals surface area contributed by atoms with Gasteiger partial charge in [0.05, 0.1) is 6.61 Å². The summed E-state index contributed by atoms with van der Waals surface area (Å²) in [5, 5.41) is 0.640. The molecule has 2 nitrogen and oxygen atoms in total. The van der Waals surface area contributed by atoms with E-state index in [9.17, 15) is 4.79 Å². The van der Waals surface area contributed by atoms with Crippen LogP contribution >= 0.6 is 27.5 Å². The molecule has 1 atom stereocenters. The lowest BCUT2D eigenvalue weighted by atomic mass is 9.97. The van der Waals surface area contributed by atoms with E-state index in [0.29, 0.717) is 24.7 Å². The number of ketones is 1. The van der Waals surface area contributed by atoms with E-state index >= 15 is 0 Å². The van der Waals surface area contributed by atoms with Crippen molar-refractivity contribution < 1.29 is 9.53 Å². The molecule has 16 heavy (non-hydrogen) atoms. The first-order valence-corrected chi connectivity index (χ1v) is 6.38. The Kier molecular flexibility index (Phi) is 4.00. The standard InChI is InChI=1S/C12H12BrClO2/c13-10-2-1-8(11(14)6-10)5-12(15)9-3-4-16-7-9/h1-2,6,9H,3-5,7H2. The zero-order valence-electron chi connectivity index (χ0n) is 8.71. The van der Waals surface area contributed by atoms with Crippen LogP contribution in [0.1, 0.15) is 12.0 Å². The molecule has 1 aromatic carbocycles. The van der Waals surface area contributed by atoms with Crippen molar-refractivity contribution >= 4 is 33.3 Å².